The lowest BCUT2D eigenvalue weighted by Crippen LogP contribution is -2.36. The molecule has 2 N–H and O–H groups in total. The van der Waals surface area contributed by atoms with Gasteiger partial charge >= 0.3 is 0 Å². The monoisotopic (exact) mass is 256 g/mol. The molecule has 0 fully saturated rings. The quantitative estimate of drug-likeness (QED) is 0.896. The maximum absolute atomic E-state index is 13.1. The molecule has 1 amide bonds. The second kappa shape index (κ2) is 5.91. The van der Waals surface area contributed by atoms with Crippen molar-refractivity contribution >= 4 is 5.91 Å². The van der Waals surface area contributed by atoms with E-state index >= 15 is 0 Å². The first-order valence-corrected chi connectivity index (χ1v) is 5.80. The number of carbonyl (C=O) groups excluding carboxylic acids is 1. The lowest BCUT2D eigenvalue weighted by Gasteiger charge is -2.27. The van der Waals surface area contributed by atoms with E-state index in [1.54, 1.807) is 20.9 Å². The van der Waals surface area contributed by atoms with Gasteiger partial charge in [-0.25, -0.2) is 8.78 Å². The third kappa shape index (κ3) is 3.04. The van der Waals surface area contributed by atoms with Crippen molar-refractivity contribution in [2.24, 2.45) is 11.7 Å². The van der Waals surface area contributed by atoms with Gasteiger partial charge in [0.15, 0.2) is 11.6 Å². The van der Waals surface area contributed by atoms with Gasteiger partial charge in [-0.05, 0) is 24.6 Å². The fraction of sp³-hybridized carbons (Fsp3) is 0.462. The molecule has 0 aliphatic rings. The second-order valence-electron chi connectivity index (χ2n) is 4.44. The number of halogens is 2. The number of amides is 1. The SMILES string of the molecule is CC(CN)C(=O)N(C)C(C)c1ccc(F)c(F)c1. The molecule has 0 saturated carbocycles. The third-order valence-corrected chi connectivity index (χ3v) is 3.13. The summed E-state index contributed by atoms with van der Waals surface area (Å²) < 4.78 is 26.0. The number of nitrogens with zero attached hydrogens (tertiary/aromatic N) is 1. The molecule has 0 bridgehead atoms. The molecule has 18 heavy (non-hydrogen) atoms. The van der Waals surface area contributed by atoms with Gasteiger partial charge in [0, 0.05) is 19.5 Å². The highest BCUT2D eigenvalue weighted by atomic mass is 19.2. The van der Waals surface area contributed by atoms with E-state index in [4.69, 9.17) is 5.73 Å². The highest BCUT2D eigenvalue weighted by Crippen LogP contribution is 2.22. The zero-order chi connectivity index (χ0) is 13.9. The summed E-state index contributed by atoms with van der Waals surface area (Å²) in [5, 5.41) is 0. The van der Waals surface area contributed by atoms with Gasteiger partial charge in [-0.2, -0.15) is 0 Å². The molecular weight excluding hydrogens is 238 g/mol. The summed E-state index contributed by atoms with van der Waals surface area (Å²) in [5.41, 5.74) is 5.99. The molecule has 2 atom stereocenters. The van der Waals surface area contributed by atoms with Crippen LogP contribution in [0.3, 0.4) is 0 Å². The van der Waals surface area contributed by atoms with Crippen molar-refractivity contribution in [2.45, 2.75) is 19.9 Å². The summed E-state index contributed by atoms with van der Waals surface area (Å²) in [6.45, 7) is 3.75. The maximum Gasteiger partial charge on any atom is 0.226 e. The molecule has 0 aliphatic heterocycles. The first-order chi connectivity index (χ1) is 8.38. The van der Waals surface area contributed by atoms with Crippen LogP contribution in [0.1, 0.15) is 25.5 Å². The lowest BCUT2D eigenvalue weighted by molar-refractivity contribution is -0.135. The highest BCUT2D eigenvalue weighted by molar-refractivity contribution is 5.78. The minimum Gasteiger partial charge on any atom is -0.339 e. The summed E-state index contributed by atoms with van der Waals surface area (Å²) in [7, 11) is 1.63. The molecule has 5 heteroatoms. The van der Waals surface area contributed by atoms with E-state index in [0.29, 0.717) is 5.56 Å². The summed E-state index contributed by atoms with van der Waals surface area (Å²) >= 11 is 0. The Hall–Kier alpha value is -1.49. The number of benzene rings is 1. The Morgan fingerprint density at radius 2 is 1.94 bits per heavy atom. The standard InChI is InChI=1S/C13H18F2N2O/c1-8(7-16)13(18)17(3)9(2)10-4-5-11(14)12(15)6-10/h4-6,8-9H,7,16H2,1-3H3. The molecule has 1 aromatic carbocycles. The number of nitrogens with two attached hydrogens (primary N) is 1. The van der Waals surface area contributed by atoms with E-state index in [1.807, 2.05) is 0 Å². The number of rotatable bonds is 4. The smallest absolute Gasteiger partial charge is 0.226 e. The van der Waals surface area contributed by atoms with Crippen molar-refractivity contribution in [3.63, 3.8) is 0 Å². The Morgan fingerprint density at radius 3 is 2.44 bits per heavy atom. The van der Waals surface area contributed by atoms with Crippen molar-refractivity contribution in [3.8, 4) is 0 Å². The molecule has 100 valence electrons. The molecule has 0 aromatic heterocycles. The molecule has 2 unspecified atom stereocenters. The fourth-order valence-electron chi connectivity index (χ4n) is 1.64. The Kier molecular flexibility index (Phi) is 4.78. The van der Waals surface area contributed by atoms with Crippen molar-refractivity contribution in [1.82, 2.24) is 4.90 Å². The Labute approximate surface area is 106 Å². The number of hydrogen-bond donors (Lipinski definition) is 1. The minimum absolute atomic E-state index is 0.116. The number of hydrogen-bond acceptors (Lipinski definition) is 2. The summed E-state index contributed by atoms with van der Waals surface area (Å²) in [6, 6.07) is 3.31. The molecule has 1 rings (SSSR count). The zero-order valence-electron chi connectivity index (χ0n) is 10.8. The Bertz CT molecular complexity index is 437. The zero-order valence-corrected chi connectivity index (χ0v) is 10.8. The van der Waals surface area contributed by atoms with Crippen LogP contribution in [-0.4, -0.2) is 24.4 Å². The van der Waals surface area contributed by atoms with Crippen LogP contribution in [0.2, 0.25) is 0 Å². The van der Waals surface area contributed by atoms with Gasteiger partial charge in [0.2, 0.25) is 5.91 Å². The Balaban J connectivity index is 2.89. The van der Waals surface area contributed by atoms with Crippen LogP contribution in [0.4, 0.5) is 8.78 Å². The van der Waals surface area contributed by atoms with Gasteiger partial charge < -0.3 is 10.6 Å². The van der Waals surface area contributed by atoms with Crippen molar-refractivity contribution in [3.05, 3.63) is 35.4 Å². The van der Waals surface area contributed by atoms with Crippen LogP contribution >= 0.6 is 0 Å². The van der Waals surface area contributed by atoms with Crippen LogP contribution in [0.25, 0.3) is 0 Å². The van der Waals surface area contributed by atoms with Crippen molar-refractivity contribution < 1.29 is 13.6 Å². The molecule has 0 spiro atoms. The van der Waals surface area contributed by atoms with E-state index in [2.05, 4.69) is 0 Å². The summed E-state index contributed by atoms with van der Waals surface area (Å²) in [4.78, 5) is 13.4. The van der Waals surface area contributed by atoms with Crippen LogP contribution in [-0.2, 0) is 4.79 Å². The van der Waals surface area contributed by atoms with Gasteiger partial charge in [-0.15, -0.1) is 0 Å². The predicted molar refractivity (Wildman–Crippen MR) is 65.8 cm³/mol. The van der Waals surface area contributed by atoms with Gasteiger partial charge in [-0.3, -0.25) is 4.79 Å². The molecule has 0 aliphatic carbocycles. The van der Waals surface area contributed by atoms with Gasteiger partial charge in [-0.1, -0.05) is 13.0 Å². The van der Waals surface area contributed by atoms with E-state index in [9.17, 15) is 13.6 Å². The predicted octanol–water partition coefficient (Wildman–Crippen LogP) is 2.08. The van der Waals surface area contributed by atoms with Crippen LogP contribution in [0.15, 0.2) is 18.2 Å². The third-order valence-electron chi connectivity index (χ3n) is 3.13. The summed E-state index contributed by atoms with van der Waals surface area (Å²) in [5.74, 6) is -2.21. The van der Waals surface area contributed by atoms with Gasteiger partial charge in [0.1, 0.15) is 0 Å². The first-order valence-electron chi connectivity index (χ1n) is 5.80. The molecule has 3 nitrogen and oxygen atoms in total. The van der Waals surface area contributed by atoms with Gasteiger partial charge in [0.05, 0.1) is 6.04 Å². The van der Waals surface area contributed by atoms with Crippen molar-refractivity contribution in [2.75, 3.05) is 13.6 Å². The average Bonchev–Trinajstić information content (AvgIpc) is 2.38. The molecule has 0 radical (unpaired) electrons. The molecule has 0 saturated heterocycles. The largest absolute Gasteiger partial charge is 0.339 e. The van der Waals surface area contributed by atoms with Crippen molar-refractivity contribution in [1.29, 1.82) is 0 Å². The van der Waals surface area contributed by atoms with Crippen LogP contribution in [0.5, 0.6) is 0 Å². The topological polar surface area (TPSA) is 46.3 Å². The fourth-order valence-corrected chi connectivity index (χ4v) is 1.64. The second-order valence-corrected chi connectivity index (χ2v) is 4.44. The maximum atomic E-state index is 13.1. The van der Waals surface area contributed by atoms with Gasteiger partial charge in [0.25, 0.3) is 0 Å². The minimum atomic E-state index is -0.910. The Morgan fingerprint density at radius 1 is 1.33 bits per heavy atom. The van der Waals surface area contributed by atoms with Crippen LogP contribution in [0, 0.1) is 17.6 Å². The van der Waals surface area contributed by atoms with E-state index in [1.165, 1.54) is 11.0 Å². The van der Waals surface area contributed by atoms with Crippen LogP contribution < -0.4 is 5.73 Å². The lowest BCUT2D eigenvalue weighted by atomic mass is 10.0. The molecule has 1 aromatic rings. The first kappa shape index (κ1) is 14.6. The average molecular weight is 256 g/mol. The number of carbonyl (C=O) groups is 1. The van der Waals surface area contributed by atoms with E-state index < -0.39 is 11.6 Å². The molecule has 0 heterocycles. The van der Waals surface area contributed by atoms with E-state index in [-0.39, 0.29) is 24.4 Å². The van der Waals surface area contributed by atoms with E-state index in [0.717, 1.165) is 12.1 Å². The summed E-state index contributed by atoms with van der Waals surface area (Å²) in [6.07, 6.45) is 0. The highest BCUT2D eigenvalue weighted by Gasteiger charge is 2.22. The normalized spacial score (nSPS) is 14.1. The molecular formula is C13H18F2N2O.